The number of pyridine rings is 1. The maximum absolute atomic E-state index is 12.8. The Morgan fingerprint density at radius 2 is 2.08 bits per heavy atom. The highest BCUT2D eigenvalue weighted by Crippen LogP contribution is 2.31. The zero-order valence-corrected chi connectivity index (χ0v) is 14.0. The van der Waals surface area contributed by atoms with Crippen molar-refractivity contribution in [1.29, 1.82) is 0 Å². The highest BCUT2D eigenvalue weighted by molar-refractivity contribution is 7.87. The van der Waals surface area contributed by atoms with E-state index in [1.165, 1.54) is 19.0 Å². The van der Waals surface area contributed by atoms with Gasteiger partial charge in [-0.05, 0) is 18.6 Å². The fourth-order valence-electron chi connectivity index (χ4n) is 2.34. The highest BCUT2D eigenvalue weighted by Gasteiger charge is 2.34. The van der Waals surface area contributed by atoms with Crippen LogP contribution in [0.2, 0.25) is 0 Å². The zero-order valence-electron chi connectivity index (χ0n) is 13.2. The molecule has 0 unspecified atom stereocenters. The predicted octanol–water partition coefficient (Wildman–Crippen LogP) is 0.436. The van der Waals surface area contributed by atoms with E-state index in [0.29, 0.717) is 0 Å². The van der Waals surface area contributed by atoms with Crippen LogP contribution >= 0.6 is 0 Å². The first-order valence-electron chi connectivity index (χ1n) is 7.17. The quantitative estimate of drug-likeness (QED) is 0.805. The number of hydrogen-bond acceptors (Lipinski definition) is 5. The summed E-state index contributed by atoms with van der Waals surface area (Å²) in [6.07, 6.45) is -4.24. The van der Waals surface area contributed by atoms with Crippen molar-refractivity contribution in [3.63, 3.8) is 0 Å². The second-order valence-electron chi connectivity index (χ2n) is 5.71. The summed E-state index contributed by atoms with van der Waals surface area (Å²) in [7, 11) is -0.983. The van der Waals surface area contributed by atoms with Crippen molar-refractivity contribution < 1.29 is 26.7 Å². The molecule has 1 aliphatic rings. The number of aliphatic hydroxyl groups is 1. The summed E-state index contributed by atoms with van der Waals surface area (Å²) in [6, 6.07) is 1.08. The smallest absolute Gasteiger partial charge is 0.390 e. The molecule has 1 aromatic heterocycles. The van der Waals surface area contributed by atoms with E-state index in [9.17, 15) is 26.7 Å². The van der Waals surface area contributed by atoms with Gasteiger partial charge in [-0.3, -0.25) is 0 Å². The van der Waals surface area contributed by atoms with Crippen molar-refractivity contribution in [2.24, 2.45) is 0 Å². The molecule has 2 N–H and O–H groups in total. The number of β-amino-alcohol motifs (C(OH)–C–C–N with tert-alkyl or cyclic N) is 1. The van der Waals surface area contributed by atoms with Crippen molar-refractivity contribution >= 4 is 16.0 Å². The van der Waals surface area contributed by atoms with Crippen LogP contribution in [0.5, 0.6) is 0 Å². The van der Waals surface area contributed by atoms with E-state index in [2.05, 4.69) is 9.71 Å². The Labute approximate surface area is 138 Å². The Morgan fingerprint density at radius 1 is 1.42 bits per heavy atom. The average Bonchev–Trinajstić information content (AvgIpc) is 2.48. The summed E-state index contributed by atoms with van der Waals surface area (Å²) in [6.45, 7) is 0.251. The molecule has 2 rings (SSSR count). The van der Waals surface area contributed by atoms with Crippen LogP contribution in [0.15, 0.2) is 18.3 Å². The minimum atomic E-state index is -4.48. The number of halogens is 3. The normalized spacial score (nSPS) is 22.9. The van der Waals surface area contributed by atoms with E-state index in [0.717, 1.165) is 22.6 Å². The maximum atomic E-state index is 12.8. The van der Waals surface area contributed by atoms with Gasteiger partial charge in [-0.25, -0.2) is 4.98 Å². The summed E-state index contributed by atoms with van der Waals surface area (Å²) in [4.78, 5) is 5.41. The summed E-state index contributed by atoms with van der Waals surface area (Å²) >= 11 is 0. The third kappa shape index (κ3) is 4.35. The molecule has 0 spiro atoms. The fourth-order valence-corrected chi connectivity index (χ4v) is 3.21. The van der Waals surface area contributed by atoms with Gasteiger partial charge in [0.2, 0.25) is 0 Å². The van der Waals surface area contributed by atoms with Gasteiger partial charge in [-0.1, -0.05) is 0 Å². The molecule has 11 heteroatoms. The Hall–Kier alpha value is -1.43. The van der Waals surface area contributed by atoms with E-state index in [4.69, 9.17) is 0 Å². The molecule has 1 aliphatic heterocycles. The van der Waals surface area contributed by atoms with Crippen LogP contribution in [0.25, 0.3) is 0 Å². The van der Waals surface area contributed by atoms with Crippen LogP contribution in [0.1, 0.15) is 12.0 Å². The first-order chi connectivity index (χ1) is 11.0. The lowest BCUT2D eigenvalue weighted by molar-refractivity contribution is -0.137. The van der Waals surface area contributed by atoms with Crippen LogP contribution in [0, 0.1) is 0 Å². The monoisotopic (exact) mass is 368 g/mol. The molecule has 136 valence electrons. The van der Waals surface area contributed by atoms with Crippen molar-refractivity contribution in [3.8, 4) is 0 Å². The molecule has 7 nitrogen and oxygen atoms in total. The number of piperidine rings is 1. The largest absolute Gasteiger partial charge is 0.416 e. The van der Waals surface area contributed by atoms with Gasteiger partial charge in [0.05, 0.1) is 17.7 Å². The summed E-state index contributed by atoms with van der Waals surface area (Å²) in [5.74, 6) is 0.0952. The SMILES string of the molecule is CN(C)S(=O)(=O)N[C@@H]1CCN(c2cc(C(F)(F)F)ccn2)C[C@H]1O. The number of alkyl halides is 3. The Balaban J connectivity index is 2.09. The van der Waals surface area contributed by atoms with Crippen molar-refractivity contribution in [2.75, 3.05) is 32.1 Å². The summed E-state index contributed by atoms with van der Waals surface area (Å²) < 4.78 is 65.2. The first-order valence-corrected chi connectivity index (χ1v) is 8.61. The van der Waals surface area contributed by atoms with Gasteiger partial charge in [0.1, 0.15) is 5.82 Å². The van der Waals surface area contributed by atoms with Gasteiger partial charge >= 0.3 is 6.18 Å². The van der Waals surface area contributed by atoms with Crippen LogP contribution in [0.4, 0.5) is 19.0 Å². The molecule has 0 saturated carbocycles. The maximum Gasteiger partial charge on any atom is 0.416 e. The number of hydrogen-bond donors (Lipinski definition) is 2. The van der Waals surface area contributed by atoms with E-state index in [-0.39, 0.29) is 25.3 Å². The number of aliphatic hydroxyl groups excluding tert-OH is 1. The van der Waals surface area contributed by atoms with Gasteiger partial charge in [0.25, 0.3) is 10.2 Å². The standard InChI is InChI=1S/C13H19F3N4O3S/c1-19(2)24(22,23)18-10-4-6-20(8-11(10)21)12-7-9(3-5-17-12)13(14,15)16/h3,5,7,10-11,18,21H,4,6,8H2,1-2H3/t10-,11-/m1/s1. The van der Waals surface area contributed by atoms with Gasteiger partial charge in [-0.15, -0.1) is 0 Å². The average molecular weight is 368 g/mol. The molecule has 1 saturated heterocycles. The highest BCUT2D eigenvalue weighted by atomic mass is 32.2. The van der Waals surface area contributed by atoms with E-state index in [1.54, 1.807) is 0 Å². The number of nitrogens with one attached hydrogen (secondary N) is 1. The van der Waals surface area contributed by atoms with E-state index < -0.39 is 34.1 Å². The minimum Gasteiger partial charge on any atom is -0.390 e. The Kier molecular flexibility index (Phi) is 5.37. The molecule has 0 bridgehead atoms. The molecule has 24 heavy (non-hydrogen) atoms. The molecule has 1 aromatic rings. The van der Waals surface area contributed by atoms with Crippen molar-refractivity contribution in [3.05, 3.63) is 23.9 Å². The Bertz CT molecular complexity index is 681. The second-order valence-corrected chi connectivity index (χ2v) is 7.63. The lowest BCUT2D eigenvalue weighted by Gasteiger charge is -2.37. The third-order valence-electron chi connectivity index (χ3n) is 3.76. The second kappa shape index (κ2) is 6.82. The molecule has 2 heterocycles. The number of nitrogens with zero attached hydrogens (tertiary/aromatic N) is 3. The van der Waals surface area contributed by atoms with E-state index >= 15 is 0 Å². The summed E-state index contributed by atoms with van der Waals surface area (Å²) in [5.41, 5.74) is -0.822. The van der Waals surface area contributed by atoms with E-state index in [1.807, 2.05) is 0 Å². The molecule has 0 aromatic carbocycles. The minimum absolute atomic E-state index is 0.0189. The van der Waals surface area contributed by atoms with Crippen LogP contribution < -0.4 is 9.62 Å². The van der Waals surface area contributed by atoms with Crippen molar-refractivity contribution in [1.82, 2.24) is 14.0 Å². The number of anilines is 1. The number of rotatable bonds is 4. The molecule has 1 fully saturated rings. The Morgan fingerprint density at radius 3 is 2.62 bits per heavy atom. The lowest BCUT2D eigenvalue weighted by Crippen LogP contribution is -2.56. The molecular formula is C13H19F3N4O3S. The lowest BCUT2D eigenvalue weighted by atomic mass is 10.0. The molecule has 0 radical (unpaired) electrons. The van der Waals surface area contributed by atoms with Gasteiger partial charge in [0.15, 0.2) is 0 Å². The van der Waals surface area contributed by atoms with Crippen LogP contribution in [0.3, 0.4) is 0 Å². The van der Waals surface area contributed by atoms with Crippen LogP contribution in [-0.4, -0.2) is 62.1 Å². The zero-order chi connectivity index (χ0) is 18.1. The van der Waals surface area contributed by atoms with Crippen LogP contribution in [-0.2, 0) is 16.4 Å². The van der Waals surface area contributed by atoms with Gasteiger partial charge < -0.3 is 10.0 Å². The van der Waals surface area contributed by atoms with Gasteiger partial charge in [0, 0.05) is 33.4 Å². The topological polar surface area (TPSA) is 85.8 Å². The summed E-state index contributed by atoms with van der Waals surface area (Å²) in [5, 5.41) is 10.1. The molecule has 0 aliphatic carbocycles. The predicted molar refractivity (Wildman–Crippen MR) is 81.6 cm³/mol. The molecule has 2 atom stereocenters. The fraction of sp³-hybridized carbons (Fsp3) is 0.615. The molecule has 0 amide bonds. The van der Waals surface area contributed by atoms with Gasteiger partial charge in [-0.2, -0.15) is 30.6 Å². The number of aromatic nitrogens is 1. The third-order valence-corrected chi connectivity index (χ3v) is 5.32. The first kappa shape index (κ1) is 18.9. The van der Waals surface area contributed by atoms with Crippen molar-refractivity contribution in [2.45, 2.75) is 24.7 Å². The molecular weight excluding hydrogens is 349 g/mol.